The summed E-state index contributed by atoms with van der Waals surface area (Å²) in [6.45, 7) is 5.52. The third-order valence-corrected chi connectivity index (χ3v) is 5.66. The van der Waals surface area contributed by atoms with Gasteiger partial charge >= 0.3 is 5.97 Å². The normalized spacial score (nSPS) is 22.9. The molecule has 0 aromatic heterocycles. The maximum atomic E-state index is 12.9. The van der Waals surface area contributed by atoms with Gasteiger partial charge in [-0.15, -0.1) is 0 Å². The SMILES string of the molecule is CCOC(=O)[C@]1(C/C=C/c2ccccc2)CCCN(C(=O)CCN2CCCO2)C1. The van der Waals surface area contributed by atoms with Crippen molar-refractivity contribution in [1.29, 1.82) is 0 Å². The Morgan fingerprint density at radius 1 is 1.21 bits per heavy atom. The first kappa shape index (κ1) is 21.5. The van der Waals surface area contributed by atoms with Crippen LogP contribution in [0.25, 0.3) is 6.08 Å². The van der Waals surface area contributed by atoms with E-state index in [0.29, 0.717) is 39.1 Å². The Balaban J connectivity index is 1.65. The summed E-state index contributed by atoms with van der Waals surface area (Å²) in [6, 6.07) is 10.0. The van der Waals surface area contributed by atoms with E-state index < -0.39 is 5.41 Å². The van der Waals surface area contributed by atoms with Crippen LogP contribution in [0.4, 0.5) is 0 Å². The molecule has 1 atom stereocenters. The maximum Gasteiger partial charge on any atom is 0.314 e. The highest BCUT2D eigenvalue weighted by Gasteiger charge is 2.43. The van der Waals surface area contributed by atoms with Gasteiger partial charge in [0.1, 0.15) is 0 Å². The summed E-state index contributed by atoms with van der Waals surface area (Å²) in [7, 11) is 0. The van der Waals surface area contributed by atoms with Gasteiger partial charge in [-0.1, -0.05) is 42.5 Å². The Labute approximate surface area is 173 Å². The molecule has 1 amide bonds. The van der Waals surface area contributed by atoms with Crippen LogP contribution < -0.4 is 0 Å². The van der Waals surface area contributed by atoms with E-state index in [2.05, 4.69) is 0 Å². The van der Waals surface area contributed by atoms with E-state index >= 15 is 0 Å². The predicted molar refractivity (Wildman–Crippen MR) is 112 cm³/mol. The second-order valence-electron chi connectivity index (χ2n) is 7.80. The number of carbonyl (C=O) groups is 2. The van der Waals surface area contributed by atoms with E-state index in [4.69, 9.17) is 9.57 Å². The van der Waals surface area contributed by atoms with Crippen LogP contribution in [0.15, 0.2) is 36.4 Å². The van der Waals surface area contributed by atoms with E-state index in [1.807, 2.05) is 59.4 Å². The molecular weight excluding hydrogens is 368 g/mol. The van der Waals surface area contributed by atoms with Crippen molar-refractivity contribution in [1.82, 2.24) is 9.96 Å². The topological polar surface area (TPSA) is 59.1 Å². The van der Waals surface area contributed by atoms with Crippen molar-refractivity contribution in [2.75, 3.05) is 39.4 Å². The summed E-state index contributed by atoms with van der Waals surface area (Å²) in [6.07, 6.45) is 7.62. The van der Waals surface area contributed by atoms with Crippen molar-refractivity contribution in [2.24, 2.45) is 5.41 Å². The summed E-state index contributed by atoms with van der Waals surface area (Å²) >= 11 is 0. The molecule has 6 heteroatoms. The van der Waals surface area contributed by atoms with Crippen LogP contribution in [0.5, 0.6) is 0 Å². The number of hydroxylamine groups is 2. The Kier molecular flexibility index (Phi) is 7.83. The van der Waals surface area contributed by atoms with Crippen molar-refractivity contribution < 1.29 is 19.2 Å². The number of hydrogen-bond donors (Lipinski definition) is 0. The molecular formula is C23H32N2O4. The molecule has 3 rings (SSSR count). The Morgan fingerprint density at radius 3 is 2.76 bits per heavy atom. The maximum absolute atomic E-state index is 12.9. The number of hydrogen-bond acceptors (Lipinski definition) is 5. The first-order chi connectivity index (χ1) is 14.1. The number of allylic oxidation sites excluding steroid dienone is 1. The lowest BCUT2D eigenvalue weighted by atomic mass is 9.76. The molecule has 2 saturated heterocycles. The highest BCUT2D eigenvalue weighted by molar-refractivity contribution is 5.81. The molecule has 6 nitrogen and oxygen atoms in total. The van der Waals surface area contributed by atoms with Crippen LogP contribution in [-0.2, 0) is 19.2 Å². The van der Waals surface area contributed by atoms with Gasteiger partial charge in [-0.3, -0.25) is 14.4 Å². The predicted octanol–water partition coefficient (Wildman–Crippen LogP) is 3.29. The van der Waals surface area contributed by atoms with Crippen molar-refractivity contribution in [2.45, 2.75) is 39.0 Å². The van der Waals surface area contributed by atoms with Crippen LogP contribution in [0.2, 0.25) is 0 Å². The number of benzene rings is 1. The molecule has 0 saturated carbocycles. The lowest BCUT2D eigenvalue weighted by Gasteiger charge is -2.40. The molecule has 0 aliphatic carbocycles. The molecule has 0 N–H and O–H groups in total. The van der Waals surface area contributed by atoms with Gasteiger partial charge in [-0.2, -0.15) is 5.06 Å². The Hall–Kier alpha value is -2.18. The van der Waals surface area contributed by atoms with E-state index in [1.54, 1.807) is 0 Å². The molecule has 0 unspecified atom stereocenters. The molecule has 0 spiro atoms. The van der Waals surface area contributed by atoms with Gasteiger partial charge in [0.2, 0.25) is 5.91 Å². The minimum atomic E-state index is -0.667. The third-order valence-electron chi connectivity index (χ3n) is 5.66. The summed E-state index contributed by atoms with van der Waals surface area (Å²) in [5.74, 6) is -0.112. The Bertz CT molecular complexity index is 700. The van der Waals surface area contributed by atoms with Crippen molar-refractivity contribution >= 4 is 18.0 Å². The van der Waals surface area contributed by atoms with Gasteiger partial charge in [0, 0.05) is 32.6 Å². The molecule has 1 aromatic carbocycles. The number of amides is 1. The summed E-state index contributed by atoms with van der Waals surface area (Å²) in [4.78, 5) is 33.0. The van der Waals surface area contributed by atoms with Crippen LogP contribution >= 0.6 is 0 Å². The van der Waals surface area contributed by atoms with E-state index in [0.717, 1.165) is 38.0 Å². The monoisotopic (exact) mass is 400 g/mol. The number of likely N-dealkylation sites (tertiary alicyclic amines) is 1. The van der Waals surface area contributed by atoms with Crippen molar-refractivity contribution in [3.05, 3.63) is 42.0 Å². The van der Waals surface area contributed by atoms with Gasteiger partial charge in [0.05, 0.1) is 18.6 Å². The highest BCUT2D eigenvalue weighted by atomic mass is 16.7. The summed E-state index contributed by atoms with van der Waals surface area (Å²) in [5.41, 5.74) is 0.431. The molecule has 0 radical (unpaired) electrons. The molecule has 2 heterocycles. The summed E-state index contributed by atoms with van der Waals surface area (Å²) < 4.78 is 5.42. The van der Waals surface area contributed by atoms with Gasteiger partial charge in [0.25, 0.3) is 0 Å². The van der Waals surface area contributed by atoms with Crippen LogP contribution in [0.3, 0.4) is 0 Å². The second kappa shape index (κ2) is 10.6. The van der Waals surface area contributed by atoms with Gasteiger partial charge in [0.15, 0.2) is 0 Å². The smallest absolute Gasteiger partial charge is 0.314 e. The molecule has 2 aliphatic rings. The second-order valence-corrected chi connectivity index (χ2v) is 7.80. The molecule has 2 fully saturated rings. The zero-order chi connectivity index (χ0) is 20.5. The number of rotatable bonds is 8. The number of esters is 1. The standard InChI is InChI=1S/C23H32N2O4/c1-2-28-22(27)23(13-6-11-20-9-4-3-5-10-20)14-7-15-24(19-23)21(26)12-17-25-16-8-18-29-25/h3-6,9-11H,2,7-8,12-19H2,1H3/b11-6+/t23-/m1/s1. The quantitative estimate of drug-likeness (QED) is 0.627. The number of carbonyl (C=O) groups excluding carboxylic acids is 2. The number of nitrogens with zero attached hydrogens (tertiary/aromatic N) is 2. The first-order valence-corrected chi connectivity index (χ1v) is 10.7. The molecule has 0 bridgehead atoms. The fourth-order valence-corrected chi connectivity index (χ4v) is 4.08. The summed E-state index contributed by atoms with van der Waals surface area (Å²) in [5, 5.41) is 1.86. The van der Waals surface area contributed by atoms with Crippen molar-refractivity contribution in [3.8, 4) is 0 Å². The van der Waals surface area contributed by atoms with E-state index in [-0.39, 0.29) is 11.9 Å². The van der Waals surface area contributed by atoms with E-state index in [1.165, 1.54) is 0 Å². The van der Waals surface area contributed by atoms with Crippen molar-refractivity contribution in [3.63, 3.8) is 0 Å². The molecule has 2 aliphatic heterocycles. The fourth-order valence-electron chi connectivity index (χ4n) is 4.08. The highest BCUT2D eigenvalue weighted by Crippen LogP contribution is 2.36. The van der Waals surface area contributed by atoms with Gasteiger partial charge in [-0.25, -0.2) is 0 Å². The Morgan fingerprint density at radius 2 is 2.03 bits per heavy atom. The molecule has 29 heavy (non-hydrogen) atoms. The fraction of sp³-hybridized carbons (Fsp3) is 0.565. The molecule has 1 aromatic rings. The van der Waals surface area contributed by atoms with Gasteiger partial charge < -0.3 is 9.64 Å². The average molecular weight is 401 g/mol. The zero-order valence-corrected chi connectivity index (χ0v) is 17.3. The van der Waals surface area contributed by atoms with Crippen LogP contribution in [0.1, 0.15) is 44.6 Å². The zero-order valence-electron chi connectivity index (χ0n) is 17.3. The number of piperidine rings is 1. The van der Waals surface area contributed by atoms with E-state index in [9.17, 15) is 9.59 Å². The minimum Gasteiger partial charge on any atom is -0.466 e. The molecule has 158 valence electrons. The first-order valence-electron chi connectivity index (χ1n) is 10.7. The average Bonchev–Trinajstić information content (AvgIpc) is 3.27. The minimum absolute atomic E-state index is 0.0842. The van der Waals surface area contributed by atoms with Crippen LogP contribution in [0, 0.1) is 5.41 Å². The van der Waals surface area contributed by atoms with Gasteiger partial charge in [-0.05, 0) is 38.2 Å². The largest absolute Gasteiger partial charge is 0.466 e. The van der Waals surface area contributed by atoms with Crippen LogP contribution in [-0.4, -0.2) is 61.2 Å². The third kappa shape index (κ3) is 5.90. The number of ether oxygens (including phenoxy) is 1. The lowest BCUT2D eigenvalue weighted by Crippen LogP contribution is -2.50. The lowest BCUT2D eigenvalue weighted by molar-refractivity contribution is -0.161.